The Morgan fingerprint density at radius 1 is 1.45 bits per heavy atom. The Morgan fingerprint density at radius 3 is 3.14 bits per heavy atom. The molecule has 0 aliphatic carbocycles. The largest absolute Gasteiger partial charge is 0.478 e. The van der Waals surface area contributed by atoms with Gasteiger partial charge in [0, 0.05) is 36.8 Å². The molecule has 22 heavy (non-hydrogen) atoms. The first-order valence-electron chi connectivity index (χ1n) is 7.55. The molecule has 0 radical (unpaired) electrons. The number of carbonyl (C=O) groups excluding carboxylic acids is 1. The predicted molar refractivity (Wildman–Crippen MR) is 82.2 cm³/mol. The number of piperidine rings is 1. The molecule has 1 unspecified atom stereocenters. The number of aromatic nitrogens is 1. The van der Waals surface area contributed by atoms with Gasteiger partial charge in [-0.15, -0.1) is 0 Å². The lowest BCUT2D eigenvalue weighted by Gasteiger charge is -2.37. The average molecular weight is 301 g/mol. The monoisotopic (exact) mass is 301 g/mol. The zero-order valence-corrected chi connectivity index (χ0v) is 12.3. The predicted octanol–water partition coefficient (Wildman–Crippen LogP) is 1.88. The number of rotatable bonds is 2. The Kier molecular flexibility index (Phi) is 4.20. The standard InChI is InChI=1S/C16H19N3O3/c20-14-8-13-3-1-2-6-19(13)10-12-7-11(4-5-15(21)22)9-17-16(12)18-14/h4-5,7,9,13H,1-3,6,8,10H2,(H,21,22)(H,17,18,20). The van der Waals surface area contributed by atoms with E-state index < -0.39 is 5.97 Å². The maximum atomic E-state index is 12.1. The summed E-state index contributed by atoms with van der Waals surface area (Å²) < 4.78 is 0. The number of nitrogens with zero attached hydrogens (tertiary/aromatic N) is 2. The summed E-state index contributed by atoms with van der Waals surface area (Å²) in [5.74, 6) is -0.406. The minimum atomic E-state index is -0.990. The molecule has 3 rings (SSSR count). The summed E-state index contributed by atoms with van der Waals surface area (Å²) in [6, 6.07) is 2.19. The van der Waals surface area contributed by atoms with Crippen molar-refractivity contribution in [3.8, 4) is 0 Å². The van der Waals surface area contributed by atoms with E-state index in [0.29, 0.717) is 18.3 Å². The molecule has 6 nitrogen and oxygen atoms in total. The van der Waals surface area contributed by atoms with Crippen LogP contribution in [0.1, 0.15) is 36.8 Å². The fraction of sp³-hybridized carbons (Fsp3) is 0.438. The number of carboxylic acids is 1. The van der Waals surface area contributed by atoms with Crippen molar-refractivity contribution >= 4 is 23.8 Å². The van der Waals surface area contributed by atoms with Crippen molar-refractivity contribution in [2.24, 2.45) is 0 Å². The Morgan fingerprint density at radius 2 is 2.32 bits per heavy atom. The lowest BCUT2D eigenvalue weighted by molar-refractivity contribution is -0.131. The van der Waals surface area contributed by atoms with Crippen LogP contribution >= 0.6 is 0 Å². The lowest BCUT2D eigenvalue weighted by atomic mass is 9.97. The van der Waals surface area contributed by atoms with Gasteiger partial charge in [0.15, 0.2) is 0 Å². The highest BCUT2D eigenvalue weighted by molar-refractivity contribution is 5.91. The molecule has 0 saturated carbocycles. The third-order valence-corrected chi connectivity index (χ3v) is 4.21. The molecule has 0 spiro atoms. The second-order valence-electron chi connectivity index (χ2n) is 5.82. The molecule has 1 saturated heterocycles. The van der Waals surface area contributed by atoms with Gasteiger partial charge in [0.2, 0.25) is 5.91 Å². The molecule has 2 aliphatic heterocycles. The summed E-state index contributed by atoms with van der Waals surface area (Å²) >= 11 is 0. The number of amides is 1. The van der Waals surface area contributed by atoms with Crippen LogP contribution in [0.4, 0.5) is 5.82 Å². The van der Waals surface area contributed by atoms with Gasteiger partial charge in [0.25, 0.3) is 0 Å². The molecular formula is C16H19N3O3. The second kappa shape index (κ2) is 6.27. The number of carbonyl (C=O) groups is 2. The molecule has 3 heterocycles. The normalized spacial score (nSPS) is 22.4. The van der Waals surface area contributed by atoms with E-state index in [-0.39, 0.29) is 5.91 Å². The minimum Gasteiger partial charge on any atom is -0.478 e. The molecule has 116 valence electrons. The van der Waals surface area contributed by atoms with Crippen molar-refractivity contribution in [2.75, 3.05) is 11.9 Å². The number of hydrogen-bond acceptors (Lipinski definition) is 4. The van der Waals surface area contributed by atoms with Crippen LogP contribution in [0, 0.1) is 0 Å². The van der Waals surface area contributed by atoms with Gasteiger partial charge in [0.05, 0.1) is 0 Å². The van der Waals surface area contributed by atoms with E-state index in [1.54, 1.807) is 6.20 Å². The second-order valence-corrected chi connectivity index (χ2v) is 5.82. The molecule has 2 aliphatic rings. The first-order valence-corrected chi connectivity index (χ1v) is 7.55. The molecule has 6 heteroatoms. The Labute approximate surface area is 128 Å². The van der Waals surface area contributed by atoms with Gasteiger partial charge in [0.1, 0.15) is 5.82 Å². The molecule has 1 aromatic heterocycles. The van der Waals surface area contributed by atoms with Crippen molar-refractivity contribution in [3.05, 3.63) is 29.5 Å². The topological polar surface area (TPSA) is 82.5 Å². The summed E-state index contributed by atoms with van der Waals surface area (Å²) in [7, 11) is 0. The van der Waals surface area contributed by atoms with Crippen molar-refractivity contribution in [1.82, 2.24) is 9.88 Å². The van der Waals surface area contributed by atoms with Crippen LogP contribution in [0.2, 0.25) is 0 Å². The van der Waals surface area contributed by atoms with E-state index in [1.165, 1.54) is 12.5 Å². The zero-order valence-electron chi connectivity index (χ0n) is 12.3. The van der Waals surface area contributed by atoms with E-state index >= 15 is 0 Å². The third-order valence-electron chi connectivity index (χ3n) is 4.21. The summed E-state index contributed by atoms with van der Waals surface area (Å²) in [6.45, 7) is 1.73. The van der Waals surface area contributed by atoms with Crippen molar-refractivity contribution in [3.63, 3.8) is 0 Å². The summed E-state index contributed by atoms with van der Waals surface area (Å²) in [5, 5.41) is 11.6. The number of hydrogen-bond donors (Lipinski definition) is 2. The van der Waals surface area contributed by atoms with E-state index in [9.17, 15) is 9.59 Å². The number of pyridine rings is 1. The van der Waals surface area contributed by atoms with E-state index in [4.69, 9.17) is 5.11 Å². The SMILES string of the molecule is O=C(O)C=Cc1cnc2c(c1)CN1CCCCC1CC(=O)N2. The molecule has 1 atom stereocenters. The molecule has 2 N–H and O–H groups in total. The first-order chi connectivity index (χ1) is 10.6. The molecule has 1 aromatic rings. The fourth-order valence-corrected chi connectivity index (χ4v) is 3.14. The highest BCUT2D eigenvalue weighted by Gasteiger charge is 2.28. The quantitative estimate of drug-likeness (QED) is 0.815. The van der Waals surface area contributed by atoms with E-state index in [1.807, 2.05) is 6.07 Å². The summed E-state index contributed by atoms with van der Waals surface area (Å²) in [4.78, 5) is 29.3. The van der Waals surface area contributed by atoms with Crippen LogP contribution in [0.5, 0.6) is 0 Å². The van der Waals surface area contributed by atoms with Crippen molar-refractivity contribution < 1.29 is 14.7 Å². The van der Waals surface area contributed by atoms with Crippen LogP contribution in [0.3, 0.4) is 0 Å². The van der Waals surface area contributed by atoms with Crippen LogP contribution < -0.4 is 5.32 Å². The van der Waals surface area contributed by atoms with Crippen LogP contribution in [-0.4, -0.2) is 39.5 Å². The van der Waals surface area contributed by atoms with Gasteiger partial charge in [-0.05, 0) is 37.1 Å². The third kappa shape index (κ3) is 3.33. The number of fused-ring (bicyclic) bond motifs is 2. The summed E-state index contributed by atoms with van der Waals surface area (Å²) in [5.41, 5.74) is 1.66. The summed E-state index contributed by atoms with van der Waals surface area (Å²) in [6.07, 6.45) is 8.07. The maximum Gasteiger partial charge on any atom is 0.328 e. The van der Waals surface area contributed by atoms with E-state index in [0.717, 1.165) is 43.1 Å². The van der Waals surface area contributed by atoms with Gasteiger partial charge in [-0.2, -0.15) is 0 Å². The van der Waals surface area contributed by atoms with Gasteiger partial charge in [-0.1, -0.05) is 6.42 Å². The molecule has 1 amide bonds. The van der Waals surface area contributed by atoms with Gasteiger partial charge >= 0.3 is 5.97 Å². The highest BCUT2D eigenvalue weighted by atomic mass is 16.4. The Bertz CT molecular complexity index is 627. The molecule has 1 fully saturated rings. The molecule has 0 aromatic carbocycles. The number of nitrogens with one attached hydrogen (secondary N) is 1. The minimum absolute atomic E-state index is 0.000761. The number of carboxylic acid groups (broad SMARTS) is 1. The van der Waals surface area contributed by atoms with Crippen LogP contribution in [0.25, 0.3) is 6.08 Å². The van der Waals surface area contributed by atoms with Crippen LogP contribution in [-0.2, 0) is 16.1 Å². The Hall–Kier alpha value is -2.21. The molecule has 0 bridgehead atoms. The van der Waals surface area contributed by atoms with Gasteiger partial charge in [-0.25, -0.2) is 9.78 Å². The smallest absolute Gasteiger partial charge is 0.328 e. The van der Waals surface area contributed by atoms with Crippen molar-refractivity contribution in [1.29, 1.82) is 0 Å². The zero-order chi connectivity index (χ0) is 15.5. The maximum absolute atomic E-state index is 12.1. The van der Waals surface area contributed by atoms with Gasteiger partial charge in [-0.3, -0.25) is 9.69 Å². The lowest BCUT2D eigenvalue weighted by Crippen LogP contribution is -2.42. The highest BCUT2D eigenvalue weighted by Crippen LogP contribution is 2.27. The average Bonchev–Trinajstić information content (AvgIpc) is 2.47. The van der Waals surface area contributed by atoms with Crippen LogP contribution in [0.15, 0.2) is 18.3 Å². The fourth-order valence-electron chi connectivity index (χ4n) is 3.14. The van der Waals surface area contributed by atoms with Gasteiger partial charge < -0.3 is 10.4 Å². The van der Waals surface area contributed by atoms with Crippen molar-refractivity contribution in [2.45, 2.75) is 38.3 Å². The number of aliphatic carboxylic acids is 1. The number of anilines is 1. The Balaban J connectivity index is 1.90. The first kappa shape index (κ1) is 14.7. The van der Waals surface area contributed by atoms with E-state index in [2.05, 4.69) is 15.2 Å². The molecular weight excluding hydrogens is 282 g/mol.